The van der Waals surface area contributed by atoms with E-state index in [0.717, 1.165) is 0 Å². The summed E-state index contributed by atoms with van der Waals surface area (Å²) >= 11 is 0. The Bertz CT molecular complexity index is 1020. The van der Waals surface area contributed by atoms with E-state index in [9.17, 15) is 19.3 Å². The van der Waals surface area contributed by atoms with Crippen molar-refractivity contribution < 1.29 is 23.3 Å². The number of amides is 1. The first-order valence-corrected chi connectivity index (χ1v) is 8.21. The van der Waals surface area contributed by atoms with Gasteiger partial charge in [-0.05, 0) is 37.6 Å². The second-order valence-corrected chi connectivity index (χ2v) is 6.13. The molecule has 0 aliphatic rings. The van der Waals surface area contributed by atoms with Gasteiger partial charge < -0.3 is 14.5 Å². The van der Waals surface area contributed by atoms with E-state index in [1.165, 1.54) is 43.4 Å². The number of carbonyl (C=O) groups is 1. The Morgan fingerprint density at radius 3 is 2.48 bits per heavy atom. The molecular formula is C19H17FN2O5. The molecule has 27 heavy (non-hydrogen) atoms. The van der Waals surface area contributed by atoms with E-state index < -0.39 is 16.6 Å². The highest BCUT2D eigenvalue weighted by atomic mass is 19.1. The molecule has 1 aromatic heterocycles. The average Bonchev–Trinajstić information content (AvgIpc) is 2.99. The van der Waals surface area contributed by atoms with E-state index in [2.05, 4.69) is 5.32 Å². The smallest absolute Gasteiger partial charge is 0.314 e. The van der Waals surface area contributed by atoms with Gasteiger partial charge in [0.15, 0.2) is 5.75 Å². The van der Waals surface area contributed by atoms with Crippen molar-refractivity contribution in [2.75, 3.05) is 7.05 Å². The second-order valence-electron chi connectivity index (χ2n) is 6.13. The van der Waals surface area contributed by atoms with Crippen LogP contribution in [0.3, 0.4) is 0 Å². The number of halogens is 1. The second kappa shape index (κ2) is 7.06. The lowest BCUT2D eigenvalue weighted by molar-refractivity contribution is -0.385. The predicted octanol–water partition coefficient (Wildman–Crippen LogP) is 4.29. The first-order valence-electron chi connectivity index (χ1n) is 8.21. The molecule has 8 heteroatoms. The maximum atomic E-state index is 13.3. The fraction of sp³-hybridized carbons (Fsp3) is 0.211. The summed E-state index contributed by atoms with van der Waals surface area (Å²) in [6, 6.07) is 8.25. The van der Waals surface area contributed by atoms with Crippen molar-refractivity contribution in [3.63, 3.8) is 0 Å². The fourth-order valence-electron chi connectivity index (χ4n) is 2.78. The van der Waals surface area contributed by atoms with Gasteiger partial charge in [-0.3, -0.25) is 14.9 Å². The van der Waals surface area contributed by atoms with E-state index in [4.69, 9.17) is 9.15 Å². The van der Waals surface area contributed by atoms with E-state index in [1.807, 2.05) is 0 Å². The Labute approximate surface area is 153 Å². The largest absolute Gasteiger partial charge is 0.484 e. The molecule has 1 N–H and O–H groups in total. The number of carbonyl (C=O) groups excluding carboxylic acids is 1. The molecule has 0 bridgehead atoms. The number of hydrogen-bond donors (Lipinski definition) is 1. The standard InChI is InChI=1S/C19H17FN2O5/c1-10(2)26-16-8-13-15(9-14(16)22(24)25)27-18(19(23)21-3)17(13)11-4-6-12(20)7-5-11/h4-10H,1-3H3,(H,21,23). The maximum absolute atomic E-state index is 13.3. The number of benzene rings is 2. The third-order valence-electron chi connectivity index (χ3n) is 3.90. The zero-order valence-corrected chi connectivity index (χ0v) is 14.9. The molecular weight excluding hydrogens is 355 g/mol. The van der Waals surface area contributed by atoms with Crippen LogP contribution in [0.1, 0.15) is 24.4 Å². The van der Waals surface area contributed by atoms with Crippen LogP contribution in [0.15, 0.2) is 40.8 Å². The van der Waals surface area contributed by atoms with Gasteiger partial charge in [0.2, 0.25) is 5.76 Å². The zero-order valence-electron chi connectivity index (χ0n) is 14.9. The van der Waals surface area contributed by atoms with Crippen LogP contribution in [0, 0.1) is 15.9 Å². The predicted molar refractivity (Wildman–Crippen MR) is 97.4 cm³/mol. The summed E-state index contributed by atoms with van der Waals surface area (Å²) in [7, 11) is 1.44. The number of rotatable bonds is 5. The summed E-state index contributed by atoms with van der Waals surface area (Å²) in [5.41, 5.74) is 0.848. The molecule has 1 amide bonds. The minimum atomic E-state index is -0.573. The Morgan fingerprint density at radius 1 is 1.26 bits per heavy atom. The van der Waals surface area contributed by atoms with Crippen LogP contribution < -0.4 is 10.1 Å². The highest BCUT2D eigenvalue weighted by Gasteiger charge is 2.26. The minimum Gasteiger partial charge on any atom is -0.484 e. The van der Waals surface area contributed by atoms with Gasteiger partial charge in [0.05, 0.1) is 17.1 Å². The molecule has 7 nitrogen and oxygen atoms in total. The fourth-order valence-corrected chi connectivity index (χ4v) is 2.78. The molecule has 0 unspecified atom stereocenters. The summed E-state index contributed by atoms with van der Waals surface area (Å²) in [5, 5.41) is 14.3. The molecule has 0 saturated heterocycles. The van der Waals surface area contributed by atoms with Crippen molar-refractivity contribution in [3.05, 3.63) is 58.1 Å². The summed E-state index contributed by atoms with van der Waals surface area (Å²) in [6.45, 7) is 3.50. The van der Waals surface area contributed by atoms with Gasteiger partial charge in [-0.25, -0.2) is 4.39 Å². The van der Waals surface area contributed by atoms with E-state index in [1.54, 1.807) is 13.8 Å². The van der Waals surface area contributed by atoms with Crippen molar-refractivity contribution in [1.29, 1.82) is 0 Å². The number of ether oxygens (including phenoxy) is 1. The summed E-state index contributed by atoms with van der Waals surface area (Å²) < 4.78 is 24.5. The molecule has 0 aliphatic carbocycles. The van der Waals surface area contributed by atoms with Crippen LogP contribution in [0.25, 0.3) is 22.1 Å². The molecule has 0 saturated carbocycles. The molecule has 0 fully saturated rings. The Hall–Kier alpha value is -3.42. The number of furan rings is 1. The molecule has 1 heterocycles. The number of hydrogen-bond acceptors (Lipinski definition) is 5. The number of nitro benzene ring substituents is 1. The Kier molecular flexibility index (Phi) is 4.81. The highest BCUT2D eigenvalue weighted by Crippen LogP contribution is 2.41. The van der Waals surface area contributed by atoms with Crippen LogP contribution in [0.2, 0.25) is 0 Å². The van der Waals surface area contributed by atoms with Crippen LogP contribution in [0.5, 0.6) is 5.75 Å². The van der Waals surface area contributed by atoms with Gasteiger partial charge in [0.25, 0.3) is 5.91 Å². The summed E-state index contributed by atoms with van der Waals surface area (Å²) in [6.07, 6.45) is -0.291. The van der Waals surface area contributed by atoms with Crippen LogP contribution >= 0.6 is 0 Å². The number of nitrogens with zero attached hydrogens (tertiary/aromatic N) is 1. The number of fused-ring (bicyclic) bond motifs is 1. The van der Waals surface area contributed by atoms with E-state index >= 15 is 0 Å². The lowest BCUT2D eigenvalue weighted by Crippen LogP contribution is -2.17. The minimum absolute atomic E-state index is 0.0184. The number of nitrogens with one attached hydrogen (secondary N) is 1. The third-order valence-corrected chi connectivity index (χ3v) is 3.90. The van der Waals surface area contributed by atoms with Crippen molar-refractivity contribution in [2.45, 2.75) is 20.0 Å². The van der Waals surface area contributed by atoms with E-state index in [0.29, 0.717) is 16.5 Å². The lowest BCUT2D eigenvalue weighted by Gasteiger charge is -2.10. The van der Waals surface area contributed by atoms with Crippen LogP contribution in [-0.4, -0.2) is 24.0 Å². The van der Waals surface area contributed by atoms with Gasteiger partial charge in [-0.1, -0.05) is 12.1 Å². The van der Waals surface area contributed by atoms with Gasteiger partial charge in [0.1, 0.15) is 11.4 Å². The molecule has 3 rings (SSSR count). The lowest BCUT2D eigenvalue weighted by atomic mass is 10.0. The van der Waals surface area contributed by atoms with Gasteiger partial charge in [-0.2, -0.15) is 0 Å². The summed E-state index contributed by atoms with van der Waals surface area (Å²) in [4.78, 5) is 23.1. The van der Waals surface area contributed by atoms with Gasteiger partial charge in [-0.15, -0.1) is 0 Å². The molecule has 2 aromatic carbocycles. The molecule has 0 aliphatic heterocycles. The van der Waals surface area contributed by atoms with Gasteiger partial charge >= 0.3 is 5.69 Å². The van der Waals surface area contributed by atoms with Crippen molar-refractivity contribution in [3.8, 4) is 16.9 Å². The molecule has 0 radical (unpaired) electrons. The Balaban J connectivity index is 2.34. The topological polar surface area (TPSA) is 94.6 Å². The van der Waals surface area contributed by atoms with E-state index in [-0.39, 0.29) is 28.9 Å². The van der Waals surface area contributed by atoms with Gasteiger partial charge in [0, 0.05) is 18.0 Å². The van der Waals surface area contributed by atoms with Crippen LogP contribution in [-0.2, 0) is 0 Å². The molecule has 0 atom stereocenters. The monoisotopic (exact) mass is 372 g/mol. The SMILES string of the molecule is CNC(=O)c1oc2cc([N+](=O)[O-])c(OC(C)C)cc2c1-c1ccc(F)cc1. The summed E-state index contributed by atoms with van der Waals surface area (Å²) in [5.74, 6) is -0.878. The third kappa shape index (κ3) is 3.46. The molecule has 3 aromatic rings. The zero-order chi connectivity index (χ0) is 19.7. The van der Waals surface area contributed by atoms with Crippen molar-refractivity contribution in [2.24, 2.45) is 0 Å². The number of nitro groups is 1. The quantitative estimate of drug-likeness (QED) is 0.532. The van der Waals surface area contributed by atoms with Crippen molar-refractivity contribution in [1.82, 2.24) is 5.32 Å². The maximum Gasteiger partial charge on any atom is 0.314 e. The normalized spacial score (nSPS) is 11.0. The van der Waals surface area contributed by atoms with Crippen LogP contribution in [0.4, 0.5) is 10.1 Å². The first-order chi connectivity index (χ1) is 12.8. The highest BCUT2D eigenvalue weighted by molar-refractivity contribution is 6.08. The first kappa shape index (κ1) is 18.4. The molecule has 0 spiro atoms. The Morgan fingerprint density at radius 2 is 1.93 bits per heavy atom. The molecule has 140 valence electrons. The average molecular weight is 372 g/mol. The van der Waals surface area contributed by atoms with Crippen molar-refractivity contribution >= 4 is 22.6 Å².